The molecule has 0 spiro atoms. The molecule has 2 unspecified atom stereocenters. The summed E-state index contributed by atoms with van der Waals surface area (Å²) in [4.78, 5) is 22.1. The second kappa shape index (κ2) is 8.05. The van der Waals surface area contributed by atoms with Gasteiger partial charge in [0.25, 0.3) is 0 Å². The first-order valence-electron chi connectivity index (χ1n) is 6.48. The number of carbonyl (C=O) groups is 2. The monoisotopic (exact) mass is 258 g/mol. The predicted octanol–water partition coefficient (Wildman–Crippen LogP) is 0.254. The van der Waals surface area contributed by atoms with Crippen molar-refractivity contribution in [2.75, 3.05) is 13.1 Å². The number of aliphatic carboxylic acids is 1. The van der Waals surface area contributed by atoms with E-state index in [-0.39, 0.29) is 12.0 Å². The van der Waals surface area contributed by atoms with Gasteiger partial charge in [0, 0.05) is 13.0 Å². The van der Waals surface area contributed by atoms with Crippen molar-refractivity contribution in [3.63, 3.8) is 0 Å². The molecule has 0 aromatic carbocycles. The van der Waals surface area contributed by atoms with Crippen LogP contribution in [0.4, 0.5) is 0 Å². The molecule has 1 aliphatic rings. The van der Waals surface area contributed by atoms with E-state index in [0.29, 0.717) is 32.4 Å². The summed E-state index contributed by atoms with van der Waals surface area (Å²) in [5.41, 5.74) is 5.36. The molecule has 1 saturated heterocycles. The molecule has 0 aromatic heterocycles. The first kappa shape index (κ1) is 14.9. The second-order valence-corrected chi connectivity index (χ2v) is 4.57. The zero-order valence-corrected chi connectivity index (χ0v) is 10.6. The summed E-state index contributed by atoms with van der Waals surface area (Å²) in [6.07, 6.45) is 3.57. The summed E-state index contributed by atoms with van der Waals surface area (Å²) in [6.45, 7) is 1.06. The van der Waals surface area contributed by atoms with Gasteiger partial charge in [0.1, 0.15) is 0 Å². The molecule has 4 N–H and O–H groups in total. The Bertz CT molecular complexity index is 283. The summed E-state index contributed by atoms with van der Waals surface area (Å²) in [5.74, 6) is -0.931. The van der Waals surface area contributed by atoms with Crippen LogP contribution >= 0.6 is 0 Å². The predicted molar refractivity (Wildman–Crippen MR) is 66.1 cm³/mol. The van der Waals surface area contributed by atoms with Crippen LogP contribution < -0.4 is 11.1 Å². The van der Waals surface area contributed by atoms with E-state index in [1.807, 2.05) is 0 Å². The Hall–Kier alpha value is -1.14. The minimum Gasteiger partial charge on any atom is -0.479 e. The van der Waals surface area contributed by atoms with Crippen LogP contribution in [-0.4, -0.2) is 42.3 Å². The standard InChI is InChI=1S/C12H22N2O4/c13-7-3-1-2-4-11(15)14-8-9-5-6-10(18-9)12(16)17/h9-10H,1-8,13H2,(H,14,15)(H,16,17). The summed E-state index contributed by atoms with van der Waals surface area (Å²) in [6, 6.07) is 0. The molecular weight excluding hydrogens is 236 g/mol. The average molecular weight is 258 g/mol. The van der Waals surface area contributed by atoms with Crippen LogP contribution in [0.1, 0.15) is 38.5 Å². The van der Waals surface area contributed by atoms with Gasteiger partial charge in [-0.15, -0.1) is 0 Å². The first-order chi connectivity index (χ1) is 8.63. The highest BCUT2D eigenvalue weighted by Gasteiger charge is 2.30. The van der Waals surface area contributed by atoms with Gasteiger partial charge in [-0.05, 0) is 32.2 Å². The Balaban J connectivity index is 2.07. The van der Waals surface area contributed by atoms with Crippen LogP contribution in [0, 0.1) is 0 Å². The smallest absolute Gasteiger partial charge is 0.332 e. The maximum atomic E-state index is 11.5. The van der Waals surface area contributed by atoms with E-state index < -0.39 is 12.1 Å². The zero-order valence-electron chi connectivity index (χ0n) is 10.6. The van der Waals surface area contributed by atoms with E-state index in [0.717, 1.165) is 19.3 Å². The van der Waals surface area contributed by atoms with Gasteiger partial charge in [0.2, 0.25) is 5.91 Å². The summed E-state index contributed by atoms with van der Waals surface area (Å²) in [7, 11) is 0. The molecular formula is C12H22N2O4. The summed E-state index contributed by atoms with van der Waals surface area (Å²) < 4.78 is 5.29. The van der Waals surface area contributed by atoms with Gasteiger partial charge in [-0.3, -0.25) is 4.79 Å². The highest BCUT2D eigenvalue weighted by Crippen LogP contribution is 2.19. The number of carboxylic acid groups (broad SMARTS) is 1. The summed E-state index contributed by atoms with van der Waals surface area (Å²) >= 11 is 0. The van der Waals surface area contributed by atoms with E-state index in [1.54, 1.807) is 0 Å². The van der Waals surface area contributed by atoms with Crippen molar-refractivity contribution in [2.45, 2.75) is 50.7 Å². The molecule has 1 fully saturated rings. The third kappa shape index (κ3) is 5.46. The van der Waals surface area contributed by atoms with Gasteiger partial charge >= 0.3 is 5.97 Å². The van der Waals surface area contributed by atoms with Crippen molar-refractivity contribution >= 4 is 11.9 Å². The van der Waals surface area contributed by atoms with Crippen molar-refractivity contribution in [1.29, 1.82) is 0 Å². The quantitative estimate of drug-likeness (QED) is 0.542. The lowest BCUT2D eigenvalue weighted by Gasteiger charge is -2.12. The van der Waals surface area contributed by atoms with Gasteiger partial charge in [-0.2, -0.15) is 0 Å². The van der Waals surface area contributed by atoms with Crippen LogP contribution in [0.2, 0.25) is 0 Å². The lowest BCUT2D eigenvalue weighted by atomic mass is 10.1. The molecule has 6 heteroatoms. The van der Waals surface area contributed by atoms with Crippen LogP contribution in [0.5, 0.6) is 0 Å². The number of hydrogen-bond donors (Lipinski definition) is 3. The molecule has 0 aromatic rings. The van der Waals surface area contributed by atoms with Gasteiger partial charge in [0.15, 0.2) is 6.10 Å². The number of nitrogens with two attached hydrogens (primary N) is 1. The number of carboxylic acids is 1. The maximum Gasteiger partial charge on any atom is 0.332 e. The molecule has 1 aliphatic heterocycles. The largest absolute Gasteiger partial charge is 0.479 e. The minimum absolute atomic E-state index is 0.00519. The summed E-state index contributed by atoms with van der Waals surface area (Å²) in [5, 5.41) is 11.5. The van der Waals surface area contributed by atoms with Crippen LogP contribution in [-0.2, 0) is 14.3 Å². The van der Waals surface area contributed by atoms with Crippen molar-refractivity contribution in [3.8, 4) is 0 Å². The number of nitrogens with one attached hydrogen (secondary N) is 1. The van der Waals surface area contributed by atoms with Gasteiger partial charge in [-0.1, -0.05) is 6.42 Å². The third-order valence-electron chi connectivity index (χ3n) is 3.02. The fraction of sp³-hybridized carbons (Fsp3) is 0.833. The van der Waals surface area contributed by atoms with Crippen molar-refractivity contribution in [3.05, 3.63) is 0 Å². The molecule has 1 heterocycles. The van der Waals surface area contributed by atoms with E-state index in [9.17, 15) is 9.59 Å². The Morgan fingerprint density at radius 1 is 1.28 bits per heavy atom. The second-order valence-electron chi connectivity index (χ2n) is 4.57. The molecule has 18 heavy (non-hydrogen) atoms. The highest BCUT2D eigenvalue weighted by molar-refractivity contribution is 5.76. The van der Waals surface area contributed by atoms with Gasteiger partial charge < -0.3 is 20.9 Å². The molecule has 0 radical (unpaired) electrons. The molecule has 0 saturated carbocycles. The molecule has 0 aliphatic carbocycles. The van der Waals surface area contributed by atoms with Crippen LogP contribution in [0.3, 0.4) is 0 Å². The van der Waals surface area contributed by atoms with Crippen molar-refractivity contribution in [1.82, 2.24) is 5.32 Å². The Kier molecular flexibility index (Phi) is 6.67. The normalized spacial score (nSPS) is 22.9. The molecule has 2 atom stereocenters. The van der Waals surface area contributed by atoms with Crippen molar-refractivity contribution < 1.29 is 19.4 Å². The molecule has 1 rings (SSSR count). The number of unbranched alkanes of at least 4 members (excludes halogenated alkanes) is 2. The van der Waals surface area contributed by atoms with Gasteiger partial charge in [0.05, 0.1) is 6.10 Å². The zero-order chi connectivity index (χ0) is 13.4. The van der Waals surface area contributed by atoms with Gasteiger partial charge in [-0.25, -0.2) is 4.79 Å². The SMILES string of the molecule is NCCCCCC(=O)NCC1CCC(C(=O)O)O1. The lowest BCUT2D eigenvalue weighted by molar-refractivity contribution is -0.149. The average Bonchev–Trinajstić information content (AvgIpc) is 2.81. The lowest BCUT2D eigenvalue weighted by Crippen LogP contribution is -2.33. The molecule has 1 amide bonds. The van der Waals surface area contributed by atoms with Crippen LogP contribution in [0.25, 0.3) is 0 Å². The molecule has 0 bridgehead atoms. The number of rotatable bonds is 8. The molecule has 6 nitrogen and oxygen atoms in total. The van der Waals surface area contributed by atoms with E-state index in [4.69, 9.17) is 15.6 Å². The topological polar surface area (TPSA) is 102 Å². The number of carbonyl (C=O) groups excluding carboxylic acids is 1. The van der Waals surface area contributed by atoms with Crippen LogP contribution in [0.15, 0.2) is 0 Å². The molecule has 104 valence electrons. The Morgan fingerprint density at radius 2 is 2.06 bits per heavy atom. The number of ether oxygens (including phenoxy) is 1. The fourth-order valence-electron chi connectivity index (χ4n) is 1.96. The Morgan fingerprint density at radius 3 is 2.67 bits per heavy atom. The Labute approximate surface area is 107 Å². The minimum atomic E-state index is -0.925. The van der Waals surface area contributed by atoms with E-state index >= 15 is 0 Å². The van der Waals surface area contributed by atoms with E-state index in [2.05, 4.69) is 5.32 Å². The fourth-order valence-corrected chi connectivity index (χ4v) is 1.96. The number of hydrogen-bond acceptors (Lipinski definition) is 4. The first-order valence-corrected chi connectivity index (χ1v) is 6.48. The maximum absolute atomic E-state index is 11.5. The van der Waals surface area contributed by atoms with E-state index in [1.165, 1.54) is 0 Å². The third-order valence-corrected chi connectivity index (χ3v) is 3.02. The number of amides is 1. The van der Waals surface area contributed by atoms with Crippen molar-refractivity contribution in [2.24, 2.45) is 5.73 Å². The highest BCUT2D eigenvalue weighted by atomic mass is 16.5.